The molecule has 2 aromatic carbocycles. The van der Waals surface area contributed by atoms with Gasteiger partial charge in [-0.3, -0.25) is 0 Å². The van der Waals surface area contributed by atoms with Crippen molar-refractivity contribution in [3.8, 4) is 11.8 Å². The molecule has 0 saturated carbocycles. The standard InChI is InChI=1S/C14H12N2O.3BF4/c15-10-14(11-4-2-1-3-5-11)16-12-6-8-13(17)9-7-12;3*2-1(3,4)5/h1-9,14,16-17H;;;/q;3*-1. The van der Waals surface area contributed by atoms with Crippen LogP contribution in [0.3, 0.4) is 0 Å². The van der Waals surface area contributed by atoms with Gasteiger partial charge in [0.25, 0.3) is 0 Å². The van der Waals surface area contributed by atoms with Crippen molar-refractivity contribution >= 4 is 27.5 Å². The Morgan fingerprint density at radius 1 is 0.656 bits per heavy atom. The highest BCUT2D eigenvalue weighted by molar-refractivity contribution is 6.50. The monoisotopic (exact) mass is 485 g/mol. The lowest BCUT2D eigenvalue weighted by Crippen LogP contribution is -2.07. The summed E-state index contributed by atoms with van der Waals surface area (Å²) in [6.07, 6.45) is 0. The summed E-state index contributed by atoms with van der Waals surface area (Å²) in [6.45, 7) is 0. The second-order valence-corrected chi connectivity index (χ2v) is 5.15. The largest absolute Gasteiger partial charge is 0.673 e. The fourth-order valence-corrected chi connectivity index (χ4v) is 1.56. The SMILES string of the molecule is F[B-](F)(F)F.F[B-](F)(F)F.F[B-](F)(F)F.N#CC(Nc1ccc(O)cc1)c1ccccc1. The molecule has 0 bridgehead atoms. The molecular formula is C14H12B3F12N2O-3. The van der Waals surface area contributed by atoms with E-state index in [1.165, 1.54) is 0 Å². The second-order valence-electron chi connectivity index (χ2n) is 5.15. The van der Waals surface area contributed by atoms with Gasteiger partial charge in [-0.25, -0.2) is 0 Å². The number of phenolic OH excluding ortho intramolecular Hbond substituents is 1. The normalized spacial score (nSPS) is 11.7. The molecule has 3 nitrogen and oxygen atoms in total. The minimum atomic E-state index is -6.00. The van der Waals surface area contributed by atoms with E-state index in [0.29, 0.717) is 0 Å². The lowest BCUT2D eigenvalue weighted by molar-refractivity contribution is 0.366. The third-order valence-electron chi connectivity index (χ3n) is 2.44. The van der Waals surface area contributed by atoms with Crippen LogP contribution >= 0.6 is 0 Å². The van der Waals surface area contributed by atoms with Crippen molar-refractivity contribution in [1.82, 2.24) is 0 Å². The first kappa shape index (κ1) is 31.1. The summed E-state index contributed by atoms with van der Waals surface area (Å²) in [5.74, 6) is 0.212. The van der Waals surface area contributed by atoms with Gasteiger partial charge >= 0.3 is 21.8 Å². The third kappa shape index (κ3) is 29.1. The van der Waals surface area contributed by atoms with Gasteiger partial charge in [-0.1, -0.05) is 30.3 Å². The molecule has 32 heavy (non-hydrogen) atoms. The molecule has 0 spiro atoms. The van der Waals surface area contributed by atoms with Crippen LogP contribution in [0.5, 0.6) is 5.75 Å². The number of hydrogen-bond acceptors (Lipinski definition) is 3. The Kier molecular flexibility index (Phi) is 13.6. The number of nitrogens with zero attached hydrogens (tertiary/aromatic N) is 1. The Bertz CT molecular complexity index is 746. The Balaban J connectivity index is 0. The van der Waals surface area contributed by atoms with E-state index in [1.54, 1.807) is 24.3 Å². The van der Waals surface area contributed by atoms with Gasteiger partial charge in [0.15, 0.2) is 0 Å². The maximum atomic E-state index is 9.75. The summed E-state index contributed by atoms with van der Waals surface area (Å²) in [7, 11) is -18.0. The predicted molar refractivity (Wildman–Crippen MR) is 97.1 cm³/mol. The van der Waals surface area contributed by atoms with Crippen LogP contribution in [0.2, 0.25) is 0 Å². The van der Waals surface area contributed by atoms with Crippen LogP contribution in [0, 0.1) is 11.3 Å². The van der Waals surface area contributed by atoms with Crippen LogP contribution in [0.1, 0.15) is 11.6 Å². The van der Waals surface area contributed by atoms with E-state index in [9.17, 15) is 56.9 Å². The molecule has 2 rings (SSSR count). The lowest BCUT2D eigenvalue weighted by atomic mass is 10.1. The van der Waals surface area contributed by atoms with Gasteiger partial charge in [0, 0.05) is 5.69 Å². The molecule has 0 fully saturated rings. The van der Waals surface area contributed by atoms with Gasteiger partial charge < -0.3 is 62.2 Å². The number of nitrogens with one attached hydrogen (secondary N) is 1. The average molecular weight is 485 g/mol. The number of anilines is 1. The van der Waals surface area contributed by atoms with Gasteiger partial charge in [-0.2, -0.15) is 5.26 Å². The molecule has 0 heterocycles. The van der Waals surface area contributed by atoms with Crippen LogP contribution in [0.25, 0.3) is 0 Å². The number of nitriles is 1. The zero-order valence-electron chi connectivity index (χ0n) is 15.4. The van der Waals surface area contributed by atoms with Crippen molar-refractivity contribution in [3.05, 3.63) is 60.2 Å². The number of hydrogen-bond donors (Lipinski definition) is 2. The highest BCUT2D eigenvalue weighted by Gasteiger charge is 2.21. The number of halogens is 12. The minimum absolute atomic E-state index is 0.212. The zero-order valence-corrected chi connectivity index (χ0v) is 15.4. The van der Waals surface area contributed by atoms with Crippen molar-refractivity contribution in [2.75, 3.05) is 5.32 Å². The molecule has 0 saturated heterocycles. The molecule has 0 amide bonds. The summed E-state index contributed by atoms with van der Waals surface area (Å²) in [4.78, 5) is 0. The first-order valence-corrected chi connectivity index (χ1v) is 7.91. The van der Waals surface area contributed by atoms with E-state index in [1.807, 2.05) is 30.3 Å². The third-order valence-corrected chi connectivity index (χ3v) is 2.44. The minimum Gasteiger partial charge on any atom is -0.508 e. The van der Waals surface area contributed by atoms with E-state index < -0.39 is 21.8 Å². The summed E-state index contributed by atoms with van der Waals surface area (Å²) in [5, 5.41) is 21.4. The van der Waals surface area contributed by atoms with Crippen molar-refractivity contribution in [2.24, 2.45) is 0 Å². The summed E-state index contributed by atoms with van der Waals surface area (Å²) < 4.78 is 117. The van der Waals surface area contributed by atoms with Gasteiger partial charge in [-0.05, 0) is 29.8 Å². The molecule has 2 N–H and O–H groups in total. The fraction of sp³-hybridized carbons (Fsp3) is 0.0714. The summed E-state index contributed by atoms with van der Waals surface area (Å²) >= 11 is 0. The van der Waals surface area contributed by atoms with Crippen LogP contribution in [0.15, 0.2) is 54.6 Å². The van der Waals surface area contributed by atoms with Gasteiger partial charge in [0.05, 0.1) is 6.07 Å². The van der Waals surface area contributed by atoms with Gasteiger partial charge in [0.2, 0.25) is 0 Å². The van der Waals surface area contributed by atoms with Gasteiger partial charge in [0.1, 0.15) is 11.8 Å². The van der Waals surface area contributed by atoms with Crippen molar-refractivity contribution in [1.29, 1.82) is 5.26 Å². The molecular weight excluding hydrogens is 473 g/mol. The van der Waals surface area contributed by atoms with Crippen molar-refractivity contribution < 1.29 is 56.9 Å². The van der Waals surface area contributed by atoms with E-state index in [0.717, 1.165) is 11.3 Å². The summed E-state index contributed by atoms with van der Waals surface area (Å²) in [6, 6.07) is 18.0. The molecule has 18 heteroatoms. The molecule has 1 atom stereocenters. The molecule has 2 aromatic rings. The highest BCUT2D eigenvalue weighted by Crippen LogP contribution is 2.20. The Morgan fingerprint density at radius 2 is 1.00 bits per heavy atom. The van der Waals surface area contributed by atoms with E-state index in [4.69, 9.17) is 5.26 Å². The highest BCUT2D eigenvalue weighted by atomic mass is 19.5. The Labute approximate surface area is 174 Å². The van der Waals surface area contributed by atoms with Crippen LogP contribution in [-0.4, -0.2) is 26.9 Å². The molecule has 0 aliphatic rings. The van der Waals surface area contributed by atoms with Crippen LogP contribution in [-0.2, 0) is 0 Å². The van der Waals surface area contributed by atoms with E-state index in [2.05, 4.69) is 11.4 Å². The smallest absolute Gasteiger partial charge is 0.508 e. The van der Waals surface area contributed by atoms with Crippen LogP contribution < -0.4 is 5.32 Å². The molecule has 1 unspecified atom stereocenters. The quantitative estimate of drug-likeness (QED) is 0.281. The second kappa shape index (κ2) is 14.0. The van der Waals surface area contributed by atoms with Crippen LogP contribution in [0.4, 0.5) is 57.5 Å². The number of aromatic hydroxyl groups is 1. The number of phenols is 1. The molecule has 0 radical (unpaired) electrons. The summed E-state index contributed by atoms with van der Waals surface area (Å²) in [5.41, 5.74) is 1.72. The average Bonchev–Trinajstić information content (AvgIpc) is 2.58. The van der Waals surface area contributed by atoms with Crippen molar-refractivity contribution in [3.63, 3.8) is 0 Å². The van der Waals surface area contributed by atoms with E-state index in [-0.39, 0.29) is 11.8 Å². The first-order chi connectivity index (χ1) is 14.3. The molecule has 0 aromatic heterocycles. The molecule has 0 aliphatic heterocycles. The van der Waals surface area contributed by atoms with E-state index >= 15 is 0 Å². The number of benzene rings is 2. The number of rotatable bonds is 3. The topological polar surface area (TPSA) is 56.0 Å². The van der Waals surface area contributed by atoms with Gasteiger partial charge in [-0.15, -0.1) is 0 Å². The Morgan fingerprint density at radius 3 is 1.31 bits per heavy atom. The molecule has 0 aliphatic carbocycles. The zero-order chi connectivity index (χ0) is 25.6. The predicted octanol–water partition coefficient (Wildman–Crippen LogP) is 6.97. The maximum Gasteiger partial charge on any atom is 0.673 e. The fourth-order valence-electron chi connectivity index (χ4n) is 1.56. The Hall–Kier alpha value is -3.12. The first-order valence-electron chi connectivity index (χ1n) is 7.91. The maximum absolute atomic E-state index is 9.75. The lowest BCUT2D eigenvalue weighted by Gasteiger charge is -2.13. The molecule has 180 valence electrons. The van der Waals surface area contributed by atoms with Crippen molar-refractivity contribution in [2.45, 2.75) is 6.04 Å².